The van der Waals surface area contributed by atoms with Gasteiger partial charge in [0, 0.05) is 6.07 Å². The van der Waals surface area contributed by atoms with Gasteiger partial charge in [-0.05, 0) is 28.3 Å². The van der Waals surface area contributed by atoms with Crippen LogP contribution in [0.5, 0.6) is 0 Å². The minimum absolute atomic E-state index is 0.160. The van der Waals surface area contributed by atoms with Crippen LogP contribution in [0.15, 0.2) is 54.6 Å². The van der Waals surface area contributed by atoms with E-state index >= 15 is 0 Å². The summed E-state index contributed by atoms with van der Waals surface area (Å²) >= 11 is 0. The Morgan fingerprint density at radius 3 is 2.18 bits per heavy atom. The van der Waals surface area contributed by atoms with Crippen LogP contribution in [0.3, 0.4) is 0 Å². The maximum absolute atomic E-state index is 11.0. The van der Waals surface area contributed by atoms with E-state index < -0.39 is 0 Å². The molecule has 0 saturated carbocycles. The number of fused-ring (bicyclic) bond motifs is 2. The molecule has 0 N–H and O–H groups in total. The number of hydrogen-bond acceptors (Lipinski definition) is 2. The van der Waals surface area contributed by atoms with Gasteiger partial charge >= 0.3 is 0 Å². The summed E-state index contributed by atoms with van der Waals surface area (Å²) in [5.41, 5.74) is 0.160. The molecule has 0 heterocycles. The number of nitro benzene ring substituents is 1. The SMILES string of the molecule is O=[N+]([O-])c1cccc2cc3ccccc3cc12. The number of hydrogen-bond donors (Lipinski definition) is 0. The van der Waals surface area contributed by atoms with Crippen LogP contribution in [0.2, 0.25) is 0 Å². The molecule has 17 heavy (non-hydrogen) atoms. The molecule has 3 aromatic rings. The Kier molecular flexibility index (Phi) is 2.05. The van der Waals surface area contributed by atoms with Gasteiger partial charge in [-0.1, -0.05) is 36.4 Å². The van der Waals surface area contributed by atoms with Gasteiger partial charge in [-0.3, -0.25) is 10.1 Å². The highest BCUT2D eigenvalue weighted by atomic mass is 16.6. The fourth-order valence-corrected chi connectivity index (χ4v) is 2.11. The predicted molar refractivity (Wildman–Crippen MR) is 68.1 cm³/mol. The molecule has 0 atom stereocenters. The fourth-order valence-electron chi connectivity index (χ4n) is 2.11. The Hall–Kier alpha value is -2.42. The van der Waals surface area contributed by atoms with Crippen LogP contribution in [-0.2, 0) is 0 Å². The molecule has 3 nitrogen and oxygen atoms in total. The third-order valence-electron chi connectivity index (χ3n) is 2.92. The maximum atomic E-state index is 11.0. The molecule has 0 aliphatic rings. The molecule has 0 radical (unpaired) electrons. The zero-order valence-electron chi connectivity index (χ0n) is 8.96. The first-order valence-corrected chi connectivity index (χ1v) is 5.31. The monoisotopic (exact) mass is 223 g/mol. The average Bonchev–Trinajstić information content (AvgIpc) is 2.35. The number of non-ortho nitro benzene ring substituents is 1. The van der Waals surface area contributed by atoms with Gasteiger partial charge in [0.15, 0.2) is 0 Å². The van der Waals surface area contributed by atoms with Crippen LogP contribution in [0, 0.1) is 10.1 Å². The van der Waals surface area contributed by atoms with Crippen molar-refractivity contribution in [2.24, 2.45) is 0 Å². The van der Waals surface area contributed by atoms with E-state index in [1.165, 1.54) is 6.07 Å². The quantitative estimate of drug-likeness (QED) is 0.356. The van der Waals surface area contributed by atoms with E-state index in [1.54, 1.807) is 6.07 Å². The molecule has 0 bridgehead atoms. The molecular formula is C14H9NO2. The number of rotatable bonds is 1. The number of nitro groups is 1. The summed E-state index contributed by atoms with van der Waals surface area (Å²) < 4.78 is 0. The third-order valence-corrected chi connectivity index (χ3v) is 2.92. The molecule has 3 heteroatoms. The van der Waals surface area contributed by atoms with E-state index in [1.807, 2.05) is 42.5 Å². The number of nitrogens with zero attached hydrogens (tertiary/aromatic N) is 1. The summed E-state index contributed by atoms with van der Waals surface area (Å²) in [7, 11) is 0. The summed E-state index contributed by atoms with van der Waals surface area (Å²) in [6.07, 6.45) is 0. The first kappa shape index (κ1) is 9.78. The summed E-state index contributed by atoms with van der Waals surface area (Å²) in [6.45, 7) is 0. The van der Waals surface area contributed by atoms with Gasteiger partial charge in [-0.15, -0.1) is 0 Å². The molecule has 0 spiro atoms. The molecule has 0 aliphatic heterocycles. The van der Waals surface area contributed by atoms with E-state index in [-0.39, 0.29) is 10.6 Å². The Labute approximate surface area is 97.4 Å². The lowest BCUT2D eigenvalue weighted by Crippen LogP contribution is -1.89. The molecule has 0 amide bonds. The zero-order valence-corrected chi connectivity index (χ0v) is 8.96. The van der Waals surface area contributed by atoms with Gasteiger partial charge < -0.3 is 0 Å². The molecule has 82 valence electrons. The van der Waals surface area contributed by atoms with Crippen molar-refractivity contribution in [3.8, 4) is 0 Å². The van der Waals surface area contributed by atoms with Gasteiger partial charge in [-0.2, -0.15) is 0 Å². The second-order valence-corrected chi connectivity index (χ2v) is 3.95. The largest absolute Gasteiger partial charge is 0.277 e. The Balaban J connectivity index is 2.47. The molecule has 0 unspecified atom stereocenters. The molecule has 3 aromatic carbocycles. The van der Waals surface area contributed by atoms with E-state index in [2.05, 4.69) is 0 Å². The maximum Gasteiger partial charge on any atom is 0.277 e. The topological polar surface area (TPSA) is 43.1 Å². The predicted octanol–water partition coefficient (Wildman–Crippen LogP) is 3.90. The van der Waals surface area contributed by atoms with Gasteiger partial charge in [-0.25, -0.2) is 0 Å². The van der Waals surface area contributed by atoms with Crippen molar-refractivity contribution >= 4 is 27.2 Å². The van der Waals surface area contributed by atoms with Gasteiger partial charge in [0.1, 0.15) is 0 Å². The first-order chi connectivity index (χ1) is 8.25. The highest BCUT2D eigenvalue weighted by molar-refractivity contribution is 6.02. The highest BCUT2D eigenvalue weighted by Gasteiger charge is 2.11. The average molecular weight is 223 g/mol. The summed E-state index contributed by atoms with van der Waals surface area (Å²) in [4.78, 5) is 10.6. The Bertz CT molecular complexity index is 734. The molecule has 0 aliphatic carbocycles. The second-order valence-electron chi connectivity index (χ2n) is 3.95. The smallest absolute Gasteiger partial charge is 0.258 e. The van der Waals surface area contributed by atoms with Crippen molar-refractivity contribution in [3.05, 3.63) is 64.7 Å². The summed E-state index contributed by atoms with van der Waals surface area (Å²) in [5.74, 6) is 0. The normalized spacial score (nSPS) is 10.8. The van der Waals surface area contributed by atoms with Crippen molar-refractivity contribution in [1.82, 2.24) is 0 Å². The van der Waals surface area contributed by atoms with Crippen molar-refractivity contribution in [2.75, 3.05) is 0 Å². The van der Waals surface area contributed by atoms with Crippen LogP contribution in [0.1, 0.15) is 0 Å². The molecule has 0 aromatic heterocycles. The van der Waals surface area contributed by atoms with E-state index in [0.717, 1.165) is 16.2 Å². The molecular weight excluding hydrogens is 214 g/mol. The standard InChI is InChI=1S/C14H9NO2/c16-15(17)14-7-3-6-12-8-10-4-1-2-5-11(10)9-13(12)14/h1-9H. The van der Waals surface area contributed by atoms with Crippen LogP contribution in [0.25, 0.3) is 21.5 Å². The van der Waals surface area contributed by atoms with E-state index in [0.29, 0.717) is 5.39 Å². The van der Waals surface area contributed by atoms with Gasteiger partial charge in [0.25, 0.3) is 5.69 Å². The minimum atomic E-state index is -0.336. The van der Waals surface area contributed by atoms with E-state index in [4.69, 9.17) is 0 Å². The van der Waals surface area contributed by atoms with Crippen molar-refractivity contribution in [1.29, 1.82) is 0 Å². The molecule has 0 saturated heterocycles. The van der Waals surface area contributed by atoms with Crippen LogP contribution in [-0.4, -0.2) is 4.92 Å². The van der Waals surface area contributed by atoms with Crippen molar-refractivity contribution in [3.63, 3.8) is 0 Å². The highest BCUT2D eigenvalue weighted by Crippen LogP contribution is 2.29. The molecule has 0 fully saturated rings. The lowest BCUT2D eigenvalue weighted by Gasteiger charge is -2.02. The summed E-state index contributed by atoms with van der Waals surface area (Å²) in [6, 6.07) is 16.9. The summed E-state index contributed by atoms with van der Waals surface area (Å²) in [5, 5.41) is 14.7. The van der Waals surface area contributed by atoms with Gasteiger partial charge in [0.05, 0.1) is 10.3 Å². The lowest BCUT2D eigenvalue weighted by atomic mass is 10.0. The van der Waals surface area contributed by atoms with Crippen LogP contribution < -0.4 is 0 Å². The van der Waals surface area contributed by atoms with Crippen molar-refractivity contribution in [2.45, 2.75) is 0 Å². The first-order valence-electron chi connectivity index (χ1n) is 5.31. The zero-order chi connectivity index (χ0) is 11.8. The van der Waals surface area contributed by atoms with Crippen molar-refractivity contribution < 1.29 is 4.92 Å². The molecule has 3 rings (SSSR count). The van der Waals surface area contributed by atoms with Crippen LogP contribution in [0.4, 0.5) is 5.69 Å². The Morgan fingerprint density at radius 2 is 1.47 bits per heavy atom. The third kappa shape index (κ3) is 1.52. The van der Waals surface area contributed by atoms with Gasteiger partial charge in [0.2, 0.25) is 0 Å². The van der Waals surface area contributed by atoms with Crippen LogP contribution >= 0.6 is 0 Å². The lowest BCUT2D eigenvalue weighted by molar-refractivity contribution is -0.383. The Morgan fingerprint density at radius 1 is 0.824 bits per heavy atom. The second kappa shape index (κ2) is 3.56. The number of benzene rings is 3. The van der Waals surface area contributed by atoms with E-state index in [9.17, 15) is 10.1 Å². The minimum Gasteiger partial charge on any atom is -0.258 e. The fraction of sp³-hybridized carbons (Fsp3) is 0.